The minimum atomic E-state index is -3.66. The first-order valence-electron chi connectivity index (χ1n) is 4.03. The Labute approximate surface area is 101 Å². The van der Waals surface area contributed by atoms with Gasteiger partial charge in [-0.2, -0.15) is 0 Å². The van der Waals surface area contributed by atoms with Crippen LogP contribution in [0.4, 0.5) is 0 Å². The summed E-state index contributed by atoms with van der Waals surface area (Å²) in [7, 11) is 1.66. The lowest BCUT2D eigenvalue weighted by Crippen LogP contribution is -1.87. The molecule has 0 saturated heterocycles. The van der Waals surface area contributed by atoms with Crippen LogP contribution in [0, 0.1) is 6.92 Å². The maximum absolute atomic E-state index is 11.3. The van der Waals surface area contributed by atoms with Gasteiger partial charge in [0.2, 0.25) is 0 Å². The van der Waals surface area contributed by atoms with Crippen molar-refractivity contribution < 1.29 is 8.42 Å². The van der Waals surface area contributed by atoms with Crippen molar-refractivity contribution in [2.24, 2.45) is 0 Å². The second-order valence-corrected chi connectivity index (χ2v) is 7.34. The Kier molecular flexibility index (Phi) is 2.71. The second kappa shape index (κ2) is 3.63. The number of rotatable bonds is 1. The smallest absolute Gasteiger partial charge is 0.206 e. The lowest BCUT2D eigenvalue weighted by molar-refractivity contribution is 0.611. The van der Waals surface area contributed by atoms with Crippen LogP contribution in [-0.4, -0.2) is 8.42 Å². The summed E-state index contributed by atoms with van der Waals surface area (Å²) in [6.07, 6.45) is 0. The van der Waals surface area contributed by atoms with Gasteiger partial charge in [0.25, 0.3) is 9.05 Å². The van der Waals surface area contributed by atoms with E-state index < -0.39 is 9.05 Å². The molecule has 0 unspecified atom stereocenters. The first kappa shape index (κ1) is 11.2. The summed E-state index contributed by atoms with van der Waals surface area (Å²) in [5, 5.41) is 1.46. The fraction of sp³-hybridized carbons (Fsp3) is 0.111. The van der Waals surface area contributed by atoms with Gasteiger partial charge < -0.3 is 0 Å². The highest BCUT2D eigenvalue weighted by Crippen LogP contribution is 2.36. The molecule has 0 fully saturated rings. The second-order valence-electron chi connectivity index (χ2n) is 3.09. The number of fused-ring (bicyclic) bond motifs is 1. The normalized spacial score (nSPS) is 12.2. The van der Waals surface area contributed by atoms with E-state index >= 15 is 0 Å². The molecule has 0 aliphatic heterocycles. The van der Waals surface area contributed by atoms with E-state index in [0.717, 1.165) is 21.4 Å². The van der Waals surface area contributed by atoms with Crippen molar-refractivity contribution in [3.05, 3.63) is 28.8 Å². The largest absolute Gasteiger partial charge is 0.271 e. The molecule has 1 heterocycles. The standard InChI is InChI=1S/C9H6Cl2O2S2/c1-5-7-3-2-6(10)4-8(7)14-9(5)15(11,12)13/h2-4H,1H3. The van der Waals surface area contributed by atoms with Crippen molar-refractivity contribution in [2.45, 2.75) is 11.1 Å². The molecule has 0 amide bonds. The summed E-state index contributed by atoms with van der Waals surface area (Å²) >= 11 is 6.96. The average Bonchev–Trinajstić information content (AvgIpc) is 2.42. The lowest BCUT2D eigenvalue weighted by atomic mass is 10.2. The molecule has 0 atom stereocenters. The van der Waals surface area contributed by atoms with Crippen LogP contribution in [-0.2, 0) is 9.05 Å². The highest BCUT2D eigenvalue weighted by atomic mass is 35.7. The molecule has 0 radical (unpaired) electrons. The first-order chi connectivity index (χ1) is 6.89. The predicted octanol–water partition coefficient (Wildman–Crippen LogP) is 3.79. The van der Waals surface area contributed by atoms with E-state index in [4.69, 9.17) is 22.3 Å². The SMILES string of the molecule is Cc1c(S(=O)(=O)Cl)sc2cc(Cl)ccc12. The molecule has 15 heavy (non-hydrogen) atoms. The van der Waals surface area contributed by atoms with E-state index in [1.165, 1.54) is 0 Å². The van der Waals surface area contributed by atoms with Gasteiger partial charge in [-0.25, -0.2) is 8.42 Å². The minimum absolute atomic E-state index is 0.196. The Morgan fingerprint density at radius 2 is 2.00 bits per heavy atom. The lowest BCUT2D eigenvalue weighted by Gasteiger charge is -1.92. The summed E-state index contributed by atoms with van der Waals surface area (Å²) in [6, 6.07) is 5.27. The Balaban J connectivity index is 2.87. The molecule has 0 N–H and O–H groups in total. The number of halogens is 2. The van der Waals surface area contributed by atoms with Gasteiger partial charge in [0.05, 0.1) is 0 Å². The van der Waals surface area contributed by atoms with Gasteiger partial charge in [-0.05, 0) is 30.0 Å². The van der Waals surface area contributed by atoms with Gasteiger partial charge in [-0.3, -0.25) is 0 Å². The predicted molar refractivity (Wildman–Crippen MR) is 64.6 cm³/mol. The molecule has 0 aliphatic carbocycles. The molecule has 2 aromatic rings. The Morgan fingerprint density at radius 3 is 2.60 bits per heavy atom. The molecule has 2 rings (SSSR count). The van der Waals surface area contributed by atoms with Crippen LogP contribution in [0.15, 0.2) is 22.4 Å². The van der Waals surface area contributed by atoms with Crippen LogP contribution in [0.3, 0.4) is 0 Å². The van der Waals surface area contributed by atoms with E-state index in [1.807, 2.05) is 0 Å². The zero-order chi connectivity index (χ0) is 11.2. The van der Waals surface area contributed by atoms with Gasteiger partial charge in [-0.1, -0.05) is 17.7 Å². The molecular weight excluding hydrogens is 275 g/mol. The minimum Gasteiger partial charge on any atom is -0.206 e. The number of aryl methyl sites for hydroxylation is 1. The summed E-state index contributed by atoms with van der Waals surface area (Å²) in [5.41, 5.74) is 0.682. The van der Waals surface area contributed by atoms with E-state index in [9.17, 15) is 8.42 Å². The van der Waals surface area contributed by atoms with Crippen LogP contribution < -0.4 is 0 Å². The number of hydrogen-bond acceptors (Lipinski definition) is 3. The van der Waals surface area contributed by atoms with Crippen molar-refractivity contribution in [3.63, 3.8) is 0 Å². The Morgan fingerprint density at radius 1 is 1.33 bits per heavy atom. The Hall–Kier alpha value is -0.290. The van der Waals surface area contributed by atoms with Crippen molar-refractivity contribution in [1.29, 1.82) is 0 Å². The molecule has 0 aliphatic rings. The number of thiophene rings is 1. The maximum atomic E-state index is 11.3. The zero-order valence-electron chi connectivity index (χ0n) is 7.62. The number of benzene rings is 1. The summed E-state index contributed by atoms with van der Waals surface area (Å²) in [6.45, 7) is 1.74. The zero-order valence-corrected chi connectivity index (χ0v) is 10.8. The van der Waals surface area contributed by atoms with Gasteiger partial charge in [0, 0.05) is 20.4 Å². The molecule has 80 valence electrons. The Bertz CT molecular complexity index is 629. The maximum Gasteiger partial charge on any atom is 0.271 e. The monoisotopic (exact) mass is 280 g/mol. The topological polar surface area (TPSA) is 34.1 Å². The van der Waals surface area contributed by atoms with Crippen molar-refractivity contribution in [2.75, 3.05) is 0 Å². The summed E-state index contributed by atoms with van der Waals surface area (Å²) < 4.78 is 23.5. The van der Waals surface area contributed by atoms with E-state index in [1.54, 1.807) is 25.1 Å². The van der Waals surface area contributed by atoms with Crippen LogP contribution in [0.5, 0.6) is 0 Å². The van der Waals surface area contributed by atoms with E-state index in [-0.39, 0.29) is 4.21 Å². The van der Waals surface area contributed by atoms with Crippen molar-refractivity contribution in [3.8, 4) is 0 Å². The molecule has 0 saturated carbocycles. The highest BCUT2D eigenvalue weighted by Gasteiger charge is 2.18. The molecule has 0 spiro atoms. The third-order valence-corrected chi connectivity index (χ3v) is 5.76. The van der Waals surface area contributed by atoms with Crippen molar-refractivity contribution in [1.82, 2.24) is 0 Å². The van der Waals surface area contributed by atoms with Gasteiger partial charge in [0.15, 0.2) is 0 Å². The summed E-state index contributed by atoms with van der Waals surface area (Å²) in [4.78, 5) is 0. The third kappa shape index (κ3) is 1.99. The fourth-order valence-electron chi connectivity index (χ4n) is 1.41. The molecular formula is C9H6Cl2O2S2. The van der Waals surface area contributed by atoms with Gasteiger partial charge in [0.1, 0.15) is 4.21 Å². The van der Waals surface area contributed by atoms with Crippen LogP contribution in [0.25, 0.3) is 10.1 Å². The van der Waals surface area contributed by atoms with Gasteiger partial charge in [-0.15, -0.1) is 11.3 Å². The highest BCUT2D eigenvalue weighted by molar-refractivity contribution is 8.15. The van der Waals surface area contributed by atoms with E-state index in [0.29, 0.717) is 10.6 Å². The van der Waals surface area contributed by atoms with E-state index in [2.05, 4.69) is 0 Å². The molecule has 1 aromatic carbocycles. The van der Waals surface area contributed by atoms with Gasteiger partial charge >= 0.3 is 0 Å². The summed E-state index contributed by atoms with van der Waals surface area (Å²) in [5.74, 6) is 0. The molecule has 0 bridgehead atoms. The van der Waals surface area contributed by atoms with Crippen molar-refractivity contribution >= 4 is 52.8 Å². The number of hydrogen-bond donors (Lipinski definition) is 0. The quantitative estimate of drug-likeness (QED) is 0.745. The molecule has 2 nitrogen and oxygen atoms in total. The molecule has 1 aromatic heterocycles. The first-order valence-corrected chi connectivity index (χ1v) is 7.53. The fourth-order valence-corrected chi connectivity index (χ4v) is 4.40. The van der Waals surface area contributed by atoms with Crippen LogP contribution in [0.2, 0.25) is 5.02 Å². The average molecular weight is 281 g/mol. The van der Waals surface area contributed by atoms with Crippen LogP contribution >= 0.6 is 33.6 Å². The van der Waals surface area contributed by atoms with Crippen LogP contribution in [0.1, 0.15) is 5.56 Å². The molecule has 6 heteroatoms. The third-order valence-electron chi connectivity index (χ3n) is 2.08.